The fourth-order valence-electron chi connectivity index (χ4n) is 1.25. The standard InChI is InChI=1S/C9H13BNO7S/c12-9(13)8-3-1-7(2-4-8)5-19(17,18)11-6-10(14,15)16/h1-4,11,14-16H,5-6H2,(H,12,13)/q-1. The second-order valence-electron chi connectivity index (χ2n) is 4.00. The number of hydrogen-bond donors (Lipinski definition) is 5. The number of sulfonamides is 1. The van der Waals surface area contributed by atoms with Crippen LogP contribution in [0.3, 0.4) is 0 Å². The summed E-state index contributed by atoms with van der Waals surface area (Å²) >= 11 is 0. The first-order valence-electron chi connectivity index (χ1n) is 5.22. The number of nitrogens with one attached hydrogen (secondary N) is 1. The number of hydrogen-bond acceptors (Lipinski definition) is 6. The van der Waals surface area contributed by atoms with Crippen LogP contribution >= 0.6 is 0 Å². The van der Waals surface area contributed by atoms with Crippen LogP contribution in [0.25, 0.3) is 0 Å². The van der Waals surface area contributed by atoms with Crippen molar-refractivity contribution in [2.75, 3.05) is 6.44 Å². The van der Waals surface area contributed by atoms with Gasteiger partial charge in [0, 0.05) is 0 Å². The summed E-state index contributed by atoms with van der Waals surface area (Å²) < 4.78 is 24.8. The molecule has 1 aromatic carbocycles. The molecule has 1 rings (SSSR count). The molecule has 0 bridgehead atoms. The van der Waals surface area contributed by atoms with E-state index >= 15 is 0 Å². The van der Waals surface area contributed by atoms with Crippen LogP contribution in [0.2, 0.25) is 0 Å². The van der Waals surface area contributed by atoms with Crippen molar-refractivity contribution < 1.29 is 33.4 Å². The van der Waals surface area contributed by atoms with Crippen molar-refractivity contribution in [3.05, 3.63) is 35.4 Å². The van der Waals surface area contributed by atoms with E-state index in [9.17, 15) is 13.2 Å². The molecule has 0 aliphatic rings. The van der Waals surface area contributed by atoms with Crippen molar-refractivity contribution in [1.29, 1.82) is 0 Å². The highest BCUT2D eigenvalue weighted by Crippen LogP contribution is 2.08. The first-order chi connectivity index (χ1) is 8.59. The number of rotatable bonds is 6. The Morgan fingerprint density at radius 3 is 2.11 bits per heavy atom. The van der Waals surface area contributed by atoms with Crippen molar-refractivity contribution in [2.24, 2.45) is 0 Å². The smallest absolute Gasteiger partial charge is 0.386 e. The van der Waals surface area contributed by atoms with Crippen molar-refractivity contribution >= 4 is 22.7 Å². The summed E-state index contributed by atoms with van der Waals surface area (Å²) in [5, 5.41) is 34.5. The van der Waals surface area contributed by atoms with E-state index in [1.807, 2.05) is 4.72 Å². The Morgan fingerprint density at radius 1 is 1.16 bits per heavy atom. The first-order valence-corrected chi connectivity index (χ1v) is 6.87. The summed E-state index contributed by atoms with van der Waals surface area (Å²) in [6, 6.07) is 5.17. The van der Waals surface area contributed by atoms with Crippen molar-refractivity contribution in [3.63, 3.8) is 0 Å². The molecule has 0 amide bonds. The van der Waals surface area contributed by atoms with Gasteiger partial charge in [-0.15, -0.1) is 0 Å². The van der Waals surface area contributed by atoms with Crippen molar-refractivity contribution in [2.45, 2.75) is 5.75 Å². The van der Waals surface area contributed by atoms with Crippen LogP contribution in [0, 0.1) is 0 Å². The molecule has 0 heterocycles. The molecular formula is C9H13BNO7S-. The second kappa shape index (κ2) is 5.67. The fourth-order valence-corrected chi connectivity index (χ4v) is 2.46. The molecule has 0 aromatic heterocycles. The van der Waals surface area contributed by atoms with E-state index in [-0.39, 0.29) is 5.56 Å². The minimum Gasteiger partial charge on any atom is -0.559 e. The molecule has 1 aromatic rings. The summed E-state index contributed by atoms with van der Waals surface area (Å²) in [5.74, 6) is -1.60. The fraction of sp³-hybridized carbons (Fsp3) is 0.222. The monoisotopic (exact) mass is 290 g/mol. The molecule has 0 radical (unpaired) electrons. The third-order valence-corrected chi connectivity index (χ3v) is 3.45. The maximum atomic E-state index is 11.5. The Labute approximate surface area is 109 Å². The van der Waals surface area contributed by atoms with Gasteiger partial charge in [0.1, 0.15) is 0 Å². The van der Waals surface area contributed by atoms with Gasteiger partial charge >= 0.3 is 12.7 Å². The highest BCUT2D eigenvalue weighted by Gasteiger charge is 2.19. The summed E-state index contributed by atoms with van der Waals surface area (Å²) in [6.45, 7) is -3.73. The number of carbonyl (C=O) groups is 1. The predicted octanol–water partition coefficient (Wildman–Crippen LogP) is -1.74. The largest absolute Gasteiger partial charge is 0.559 e. The molecule has 10 heteroatoms. The van der Waals surface area contributed by atoms with Crippen LogP contribution in [-0.4, -0.2) is 47.8 Å². The average molecular weight is 290 g/mol. The summed E-state index contributed by atoms with van der Waals surface area (Å²) in [6.07, 6.45) is -0.907. The average Bonchev–Trinajstić information content (AvgIpc) is 2.26. The molecule has 0 atom stereocenters. The van der Waals surface area contributed by atoms with Gasteiger partial charge in [-0.3, -0.25) is 0 Å². The minimum absolute atomic E-state index is 0.0255. The second-order valence-corrected chi connectivity index (χ2v) is 5.81. The van der Waals surface area contributed by atoms with E-state index in [4.69, 9.17) is 20.2 Å². The lowest BCUT2D eigenvalue weighted by atomic mass is 9.82. The van der Waals surface area contributed by atoms with Gasteiger partial charge in [-0.25, -0.2) is 17.9 Å². The maximum Gasteiger partial charge on any atom is 0.386 e. The number of carboxylic acids is 1. The van der Waals surface area contributed by atoms with E-state index in [2.05, 4.69) is 0 Å². The van der Waals surface area contributed by atoms with Crippen LogP contribution in [0.4, 0.5) is 0 Å². The van der Waals surface area contributed by atoms with E-state index in [0.29, 0.717) is 5.56 Å². The van der Waals surface area contributed by atoms with E-state index in [0.717, 1.165) is 0 Å². The Kier molecular flexibility index (Phi) is 4.66. The highest BCUT2D eigenvalue weighted by molar-refractivity contribution is 7.88. The molecule has 19 heavy (non-hydrogen) atoms. The molecule has 0 aliphatic heterocycles. The molecule has 0 aliphatic carbocycles. The SMILES string of the molecule is O=C(O)c1ccc(CS(=O)(=O)NC[B-](O)(O)O)cc1. The Hall–Kier alpha value is -1.46. The Balaban J connectivity index is 2.70. The van der Waals surface area contributed by atoms with Gasteiger partial charge in [0.05, 0.1) is 11.3 Å². The molecular weight excluding hydrogens is 277 g/mol. The van der Waals surface area contributed by atoms with Gasteiger partial charge in [0.25, 0.3) is 0 Å². The number of carboxylic acid groups (broad SMARTS) is 1. The lowest BCUT2D eigenvalue weighted by Gasteiger charge is -2.20. The van der Waals surface area contributed by atoms with Gasteiger partial charge in [0.2, 0.25) is 10.0 Å². The van der Waals surface area contributed by atoms with Gasteiger partial charge in [-0.05, 0) is 24.1 Å². The zero-order valence-corrected chi connectivity index (χ0v) is 10.5. The molecule has 0 unspecified atom stereocenters. The molecule has 0 saturated heterocycles. The quantitative estimate of drug-likeness (QED) is 0.391. The first kappa shape index (κ1) is 15.6. The maximum absolute atomic E-state index is 11.5. The van der Waals surface area contributed by atoms with Crippen molar-refractivity contribution in [1.82, 2.24) is 4.72 Å². The summed E-state index contributed by atoms with van der Waals surface area (Å²) in [7, 11) is -3.86. The highest BCUT2D eigenvalue weighted by atomic mass is 32.2. The Bertz CT molecular complexity index is 549. The van der Waals surface area contributed by atoms with E-state index in [1.54, 1.807) is 0 Å². The predicted molar refractivity (Wildman–Crippen MR) is 66.4 cm³/mol. The lowest BCUT2D eigenvalue weighted by Crippen LogP contribution is -2.48. The van der Waals surface area contributed by atoms with Crippen LogP contribution < -0.4 is 4.72 Å². The van der Waals surface area contributed by atoms with Gasteiger partial charge in [-0.2, -0.15) is 0 Å². The lowest BCUT2D eigenvalue weighted by molar-refractivity contribution is 0.0696. The molecule has 0 spiro atoms. The molecule has 0 saturated carbocycles. The summed E-state index contributed by atoms with van der Waals surface area (Å²) in [4.78, 5) is 10.6. The molecule has 0 fully saturated rings. The third kappa shape index (κ3) is 5.81. The topological polar surface area (TPSA) is 144 Å². The zero-order chi connectivity index (χ0) is 14.7. The van der Waals surface area contributed by atoms with Crippen LogP contribution in [0.1, 0.15) is 15.9 Å². The molecule has 8 nitrogen and oxygen atoms in total. The van der Waals surface area contributed by atoms with E-state index < -0.39 is 34.9 Å². The number of aromatic carboxylic acids is 1. The van der Waals surface area contributed by atoms with Gasteiger partial charge in [0.15, 0.2) is 0 Å². The van der Waals surface area contributed by atoms with Gasteiger partial charge in [-0.1, -0.05) is 12.1 Å². The summed E-state index contributed by atoms with van der Waals surface area (Å²) in [5.41, 5.74) is 0.349. The molecule has 5 N–H and O–H groups in total. The number of benzene rings is 1. The van der Waals surface area contributed by atoms with Gasteiger partial charge < -0.3 is 20.2 Å². The van der Waals surface area contributed by atoms with Crippen molar-refractivity contribution in [3.8, 4) is 0 Å². The third-order valence-electron chi connectivity index (χ3n) is 2.13. The van der Waals surface area contributed by atoms with Crippen LogP contribution in [-0.2, 0) is 15.8 Å². The van der Waals surface area contributed by atoms with Crippen LogP contribution in [0.15, 0.2) is 24.3 Å². The normalized spacial score (nSPS) is 12.4. The van der Waals surface area contributed by atoms with Crippen LogP contribution in [0.5, 0.6) is 0 Å². The Morgan fingerprint density at radius 2 is 1.68 bits per heavy atom. The zero-order valence-electron chi connectivity index (χ0n) is 9.72. The molecule has 106 valence electrons. The van der Waals surface area contributed by atoms with E-state index in [1.165, 1.54) is 24.3 Å². The minimum atomic E-state index is -3.86.